The second kappa shape index (κ2) is 6.56. The number of piperidine rings is 1. The van der Waals surface area contributed by atoms with E-state index < -0.39 is 17.6 Å². The SMILES string of the molecule is CC1CC2CCC3C[C@H](C(C)(C)O)OC3C2C[NH+]1[C@@H](CO)C(=O)[O-]. The average Bonchev–Trinajstić information content (AvgIpc) is 2.92. The van der Waals surface area contributed by atoms with Crippen LogP contribution in [0.5, 0.6) is 0 Å². The number of fused-ring (bicyclic) bond motifs is 3. The van der Waals surface area contributed by atoms with Gasteiger partial charge >= 0.3 is 0 Å². The van der Waals surface area contributed by atoms with Gasteiger partial charge in [0.1, 0.15) is 12.6 Å². The van der Waals surface area contributed by atoms with E-state index in [9.17, 15) is 20.1 Å². The molecule has 0 radical (unpaired) electrons. The summed E-state index contributed by atoms with van der Waals surface area (Å²) < 4.78 is 6.27. The second-order valence-electron chi connectivity index (χ2n) is 8.71. The van der Waals surface area contributed by atoms with Crippen molar-refractivity contribution in [2.24, 2.45) is 17.8 Å². The highest BCUT2D eigenvalue weighted by molar-refractivity contribution is 5.69. The van der Waals surface area contributed by atoms with Gasteiger partial charge in [-0.05, 0) is 51.9 Å². The predicted molar refractivity (Wildman–Crippen MR) is 85.1 cm³/mol. The number of carbonyl (C=O) groups is 1. The molecule has 0 aromatic carbocycles. The number of aliphatic hydroxyl groups is 2. The van der Waals surface area contributed by atoms with E-state index in [-0.39, 0.29) is 24.9 Å². The number of aliphatic carboxylic acids is 1. The Balaban J connectivity index is 1.77. The molecule has 2 heterocycles. The van der Waals surface area contributed by atoms with Gasteiger partial charge in [0.2, 0.25) is 0 Å². The quantitative estimate of drug-likeness (QED) is 0.569. The monoisotopic (exact) mass is 341 g/mol. The van der Waals surface area contributed by atoms with Crippen molar-refractivity contribution in [1.82, 2.24) is 0 Å². The van der Waals surface area contributed by atoms with Crippen LogP contribution >= 0.6 is 0 Å². The van der Waals surface area contributed by atoms with Crippen molar-refractivity contribution in [1.29, 1.82) is 0 Å². The smallest absolute Gasteiger partial charge is 0.151 e. The molecule has 2 saturated heterocycles. The fourth-order valence-corrected chi connectivity index (χ4v) is 5.35. The predicted octanol–water partition coefficient (Wildman–Crippen LogP) is -1.65. The zero-order valence-electron chi connectivity index (χ0n) is 14.9. The third-order valence-corrected chi connectivity index (χ3v) is 6.70. The fourth-order valence-electron chi connectivity index (χ4n) is 5.35. The molecular weight excluding hydrogens is 310 g/mol. The lowest BCUT2D eigenvalue weighted by Crippen LogP contribution is -3.22. The number of carboxylic acids is 1. The van der Waals surface area contributed by atoms with Crippen molar-refractivity contribution in [3.63, 3.8) is 0 Å². The molecule has 8 atom stereocenters. The van der Waals surface area contributed by atoms with Gasteiger partial charge in [0.25, 0.3) is 0 Å². The molecule has 3 N–H and O–H groups in total. The first-order valence-electron chi connectivity index (χ1n) is 9.27. The van der Waals surface area contributed by atoms with Crippen LogP contribution < -0.4 is 10.0 Å². The lowest BCUT2D eigenvalue weighted by Gasteiger charge is -2.48. The van der Waals surface area contributed by atoms with Crippen molar-refractivity contribution in [2.75, 3.05) is 13.2 Å². The minimum Gasteiger partial charge on any atom is -0.544 e. The summed E-state index contributed by atoms with van der Waals surface area (Å²) in [5.41, 5.74) is -0.847. The molecule has 0 spiro atoms. The lowest BCUT2D eigenvalue weighted by atomic mass is 9.67. The van der Waals surface area contributed by atoms with Crippen LogP contribution in [0, 0.1) is 17.8 Å². The maximum absolute atomic E-state index is 11.4. The number of hydrogen-bond donors (Lipinski definition) is 3. The Hall–Kier alpha value is -0.690. The summed E-state index contributed by atoms with van der Waals surface area (Å²) in [6.07, 6.45) is 4.08. The largest absolute Gasteiger partial charge is 0.544 e. The van der Waals surface area contributed by atoms with Crippen LogP contribution in [0.1, 0.15) is 46.5 Å². The number of rotatable bonds is 4. The summed E-state index contributed by atoms with van der Waals surface area (Å²) in [6, 6.07) is -0.669. The van der Waals surface area contributed by atoms with E-state index in [0.29, 0.717) is 24.3 Å². The molecule has 138 valence electrons. The van der Waals surface area contributed by atoms with E-state index in [4.69, 9.17) is 4.74 Å². The highest BCUT2D eigenvalue weighted by Gasteiger charge is 2.53. The van der Waals surface area contributed by atoms with Crippen LogP contribution in [-0.4, -0.2) is 59.2 Å². The summed E-state index contributed by atoms with van der Waals surface area (Å²) in [4.78, 5) is 12.3. The summed E-state index contributed by atoms with van der Waals surface area (Å²) >= 11 is 0. The maximum atomic E-state index is 11.4. The fraction of sp³-hybridized carbons (Fsp3) is 0.944. The molecule has 0 bridgehead atoms. The molecule has 3 aliphatic rings. The number of nitrogens with one attached hydrogen (secondary N) is 1. The first-order valence-corrected chi connectivity index (χ1v) is 9.27. The van der Waals surface area contributed by atoms with E-state index in [1.165, 1.54) is 0 Å². The summed E-state index contributed by atoms with van der Waals surface area (Å²) in [6.45, 7) is 5.97. The Morgan fingerprint density at radius 2 is 2.00 bits per heavy atom. The molecule has 1 saturated carbocycles. The van der Waals surface area contributed by atoms with E-state index in [0.717, 1.165) is 30.6 Å². The molecule has 6 heteroatoms. The molecule has 2 aliphatic heterocycles. The van der Waals surface area contributed by atoms with E-state index in [1.54, 1.807) is 13.8 Å². The van der Waals surface area contributed by atoms with Gasteiger partial charge in [-0.3, -0.25) is 0 Å². The van der Waals surface area contributed by atoms with E-state index in [1.807, 2.05) is 0 Å². The third-order valence-electron chi connectivity index (χ3n) is 6.70. The Kier molecular flexibility index (Phi) is 4.95. The summed E-state index contributed by atoms with van der Waals surface area (Å²) in [7, 11) is 0. The zero-order chi connectivity index (χ0) is 17.6. The molecular formula is C18H31NO5. The first-order chi connectivity index (χ1) is 11.2. The van der Waals surface area contributed by atoms with Crippen molar-refractivity contribution < 1.29 is 29.8 Å². The van der Waals surface area contributed by atoms with Crippen LogP contribution in [0.25, 0.3) is 0 Å². The third kappa shape index (κ3) is 3.21. The van der Waals surface area contributed by atoms with Crippen LogP contribution in [0.3, 0.4) is 0 Å². The molecule has 0 aromatic rings. The Morgan fingerprint density at radius 3 is 2.58 bits per heavy atom. The van der Waals surface area contributed by atoms with Crippen LogP contribution in [0.2, 0.25) is 0 Å². The highest BCUT2D eigenvalue weighted by Crippen LogP contribution is 2.47. The molecule has 0 aromatic heterocycles. The molecule has 24 heavy (non-hydrogen) atoms. The normalized spacial score (nSPS) is 43.8. The number of ether oxygens (including phenoxy) is 1. The lowest BCUT2D eigenvalue weighted by molar-refractivity contribution is -0.952. The minimum absolute atomic E-state index is 0.101. The number of likely N-dealkylation sites (tertiary alicyclic amines) is 1. The molecule has 6 unspecified atom stereocenters. The van der Waals surface area contributed by atoms with Crippen molar-refractivity contribution in [3.05, 3.63) is 0 Å². The molecule has 1 aliphatic carbocycles. The van der Waals surface area contributed by atoms with Crippen molar-refractivity contribution >= 4 is 5.97 Å². The van der Waals surface area contributed by atoms with Gasteiger partial charge in [-0.25, -0.2) is 0 Å². The minimum atomic E-state index is -1.17. The van der Waals surface area contributed by atoms with E-state index >= 15 is 0 Å². The Bertz CT molecular complexity index is 477. The van der Waals surface area contributed by atoms with Gasteiger partial charge in [0, 0.05) is 12.3 Å². The average molecular weight is 341 g/mol. The van der Waals surface area contributed by atoms with Crippen LogP contribution in [-0.2, 0) is 9.53 Å². The number of aliphatic hydroxyl groups excluding tert-OH is 1. The maximum Gasteiger partial charge on any atom is 0.151 e. The van der Waals surface area contributed by atoms with E-state index in [2.05, 4.69) is 6.92 Å². The Labute approximate surface area is 143 Å². The number of carboxylic acid groups (broad SMARTS) is 1. The van der Waals surface area contributed by atoms with Gasteiger partial charge in [0.15, 0.2) is 6.04 Å². The Morgan fingerprint density at radius 1 is 1.33 bits per heavy atom. The molecule has 0 amide bonds. The summed E-state index contributed by atoms with van der Waals surface area (Å²) in [5, 5.41) is 31.2. The first kappa shape index (κ1) is 18.1. The second-order valence-corrected chi connectivity index (χ2v) is 8.71. The molecule has 3 rings (SSSR count). The topological polar surface area (TPSA) is 94.3 Å². The van der Waals surface area contributed by atoms with Crippen LogP contribution in [0.4, 0.5) is 0 Å². The van der Waals surface area contributed by atoms with Gasteiger partial charge in [-0.15, -0.1) is 0 Å². The van der Waals surface area contributed by atoms with Crippen LogP contribution in [0.15, 0.2) is 0 Å². The zero-order valence-corrected chi connectivity index (χ0v) is 14.9. The molecule has 3 fully saturated rings. The van der Waals surface area contributed by atoms with Gasteiger partial charge < -0.3 is 29.8 Å². The van der Waals surface area contributed by atoms with Crippen molar-refractivity contribution in [3.8, 4) is 0 Å². The number of quaternary nitrogens is 1. The van der Waals surface area contributed by atoms with Crippen molar-refractivity contribution in [2.45, 2.75) is 76.3 Å². The molecule has 6 nitrogen and oxygen atoms in total. The van der Waals surface area contributed by atoms with Gasteiger partial charge in [0.05, 0.1) is 30.4 Å². The summed E-state index contributed by atoms with van der Waals surface area (Å²) in [5.74, 6) is 0.127. The van der Waals surface area contributed by atoms with Gasteiger partial charge in [-0.2, -0.15) is 0 Å². The number of hydrogen-bond acceptors (Lipinski definition) is 5. The highest BCUT2D eigenvalue weighted by atomic mass is 16.5. The standard InChI is InChI=1S/C18H31NO5/c1-10-6-11-4-5-12-7-15(18(2,3)23)24-16(12)13(11)8-19(10)14(9-20)17(21)22/h10-16,20,23H,4-9H2,1-3H3,(H,21,22)/t10?,11?,12?,13?,14-,15+,16?/m0/s1. The number of carbonyl (C=O) groups excluding carboxylic acids is 1. The van der Waals surface area contributed by atoms with Gasteiger partial charge in [-0.1, -0.05) is 0 Å².